The molecule has 0 radical (unpaired) electrons. The number of aliphatic hydroxyl groups is 1. The predicted octanol–water partition coefficient (Wildman–Crippen LogP) is 1.87. The lowest BCUT2D eigenvalue weighted by atomic mass is 9.90. The van der Waals surface area contributed by atoms with Crippen molar-refractivity contribution >= 4 is 0 Å². The molecule has 1 atom stereocenters. The van der Waals surface area contributed by atoms with E-state index >= 15 is 0 Å². The van der Waals surface area contributed by atoms with E-state index < -0.39 is 6.10 Å². The van der Waals surface area contributed by atoms with Gasteiger partial charge in [0.25, 0.3) is 0 Å². The number of rotatable bonds is 7. The highest BCUT2D eigenvalue weighted by Gasteiger charge is 2.28. The summed E-state index contributed by atoms with van der Waals surface area (Å²) in [4.78, 5) is 4.50. The summed E-state index contributed by atoms with van der Waals surface area (Å²) in [6.07, 6.45) is 3.13. The van der Waals surface area contributed by atoms with Crippen LogP contribution in [0.4, 0.5) is 4.39 Å². The molecule has 0 aromatic heterocycles. The topological polar surface area (TPSA) is 35.9 Å². The van der Waals surface area contributed by atoms with Crippen molar-refractivity contribution in [2.24, 2.45) is 0 Å². The van der Waals surface area contributed by atoms with Crippen molar-refractivity contribution in [3.05, 3.63) is 35.6 Å². The summed E-state index contributed by atoms with van der Waals surface area (Å²) in [5.41, 5.74) is 0.720. The Morgan fingerprint density at radius 3 is 2.65 bits per heavy atom. The molecule has 5 heteroatoms. The largest absolute Gasteiger partial charge is 0.390 e. The van der Waals surface area contributed by atoms with Gasteiger partial charge in [-0.15, -0.1) is 0 Å². The molecule has 0 amide bonds. The number of nitrogens with zero attached hydrogens (tertiary/aromatic N) is 2. The number of halogens is 1. The van der Waals surface area contributed by atoms with Crippen LogP contribution in [0.15, 0.2) is 24.3 Å². The Labute approximate surface area is 137 Å². The lowest BCUT2D eigenvalue weighted by molar-refractivity contribution is -0.00380. The summed E-state index contributed by atoms with van der Waals surface area (Å²) in [6, 6.07) is 7.43. The molecule has 4 nitrogen and oxygen atoms in total. The number of ether oxygens (including phenoxy) is 1. The van der Waals surface area contributed by atoms with Gasteiger partial charge in [0.2, 0.25) is 0 Å². The van der Waals surface area contributed by atoms with E-state index in [0.29, 0.717) is 25.7 Å². The quantitative estimate of drug-likeness (QED) is 0.831. The summed E-state index contributed by atoms with van der Waals surface area (Å²) in [6.45, 7) is 5.11. The number of hydrogen-bond acceptors (Lipinski definition) is 4. The van der Waals surface area contributed by atoms with Crippen molar-refractivity contribution in [1.82, 2.24) is 9.80 Å². The van der Waals surface area contributed by atoms with Gasteiger partial charge in [-0.1, -0.05) is 24.6 Å². The summed E-state index contributed by atoms with van der Waals surface area (Å²) in [5, 5.41) is 10.5. The van der Waals surface area contributed by atoms with Gasteiger partial charge in [-0.3, -0.25) is 9.80 Å². The highest BCUT2D eigenvalue weighted by molar-refractivity contribution is 5.17. The zero-order chi connectivity index (χ0) is 16.1. The third-order valence-corrected chi connectivity index (χ3v) is 4.94. The third kappa shape index (κ3) is 4.73. The van der Waals surface area contributed by atoms with Crippen molar-refractivity contribution < 1.29 is 14.2 Å². The van der Waals surface area contributed by atoms with Gasteiger partial charge < -0.3 is 9.84 Å². The Morgan fingerprint density at radius 1 is 1.26 bits per heavy atom. The first-order valence-electron chi connectivity index (χ1n) is 8.68. The minimum atomic E-state index is -0.402. The second-order valence-electron chi connectivity index (χ2n) is 6.67. The average Bonchev–Trinajstić information content (AvgIpc) is 2.48. The number of aliphatic hydroxyl groups excluding tert-OH is 1. The molecule has 1 aromatic carbocycles. The van der Waals surface area contributed by atoms with Gasteiger partial charge in [0.05, 0.1) is 19.3 Å². The monoisotopic (exact) mass is 322 g/mol. The molecule has 128 valence electrons. The zero-order valence-corrected chi connectivity index (χ0v) is 13.7. The smallest absolute Gasteiger partial charge is 0.127 e. The first kappa shape index (κ1) is 16.8. The number of morpholine rings is 1. The SMILES string of the molecule is OC(CN1CCOCC1)CN(Cc1ccccc1F)C1CCC1. The van der Waals surface area contributed by atoms with E-state index in [1.807, 2.05) is 12.1 Å². The molecule has 23 heavy (non-hydrogen) atoms. The fraction of sp³-hybridized carbons (Fsp3) is 0.667. The number of benzene rings is 1. The Balaban J connectivity index is 1.56. The molecule has 1 aliphatic heterocycles. The van der Waals surface area contributed by atoms with Crippen molar-refractivity contribution in [2.75, 3.05) is 39.4 Å². The molecule has 2 fully saturated rings. The van der Waals surface area contributed by atoms with Crippen LogP contribution in [0.25, 0.3) is 0 Å². The fourth-order valence-corrected chi connectivity index (χ4v) is 3.35. The van der Waals surface area contributed by atoms with Crippen molar-refractivity contribution in [3.63, 3.8) is 0 Å². The minimum Gasteiger partial charge on any atom is -0.390 e. The minimum absolute atomic E-state index is 0.153. The van der Waals surface area contributed by atoms with E-state index in [9.17, 15) is 9.50 Å². The summed E-state index contributed by atoms with van der Waals surface area (Å²) in [7, 11) is 0. The third-order valence-electron chi connectivity index (χ3n) is 4.94. The van der Waals surface area contributed by atoms with Gasteiger partial charge in [0.15, 0.2) is 0 Å². The molecule has 1 saturated heterocycles. The Bertz CT molecular complexity index is 490. The van der Waals surface area contributed by atoms with Crippen LogP contribution in [-0.4, -0.2) is 66.4 Å². The van der Waals surface area contributed by atoms with Gasteiger partial charge in [-0.2, -0.15) is 0 Å². The van der Waals surface area contributed by atoms with Gasteiger partial charge in [-0.05, 0) is 18.9 Å². The van der Waals surface area contributed by atoms with E-state index in [0.717, 1.165) is 44.7 Å². The molecule has 0 bridgehead atoms. The number of hydrogen-bond donors (Lipinski definition) is 1. The molecular weight excluding hydrogens is 295 g/mol. The predicted molar refractivity (Wildman–Crippen MR) is 87.7 cm³/mol. The van der Waals surface area contributed by atoms with Crippen LogP contribution in [0, 0.1) is 5.82 Å². The van der Waals surface area contributed by atoms with Crippen LogP contribution in [-0.2, 0) is 11.3 Å². The normalized spacial score (nSPS) is 21.3. The van der Waals surface area contributed by atoms with Crippen LogP contribution < -0.4 is 0 Å². The van der Waals surface area contributed by atoms with Crippen molar-refractivity contribution in [3.8, 4) is 0 Å². The molecular formula is C18H27FN2O2. The molecule has 1 heterocycles. The second kappa shape index (κ2) is 8.20. The molecule has 0 spiro atoms. The maximum Gasteiger partial charge on any atom is 0.127 e. The van der Waals surface area contributed by atoms with E-state index in [1.165, 1.54) is 12.5 Å². The van der Waals surface area contributed by atoms with Crippen LogP contribution in [0.5, 0.6) is 0 Å². The van der Waals surface area contributed by atoms with Gasteiger partial charge in [0.1, 0.15) is 5.82 Å². The fourth-order valence-electron chi connectivity index (χ4n) is 3.35. The zero-order valence-electron chi connectivity index (χ0n) is 13.7. The maximum atomic E-state index is 13.9. The Hall–Kier alpha value is -1.01. The summed E-state index contributed by atoms with van der Waals surface area (Å²) in [5.74, 6) is -0.153. The van der Waals surface area contributed by atoms with Gasteiger partial charge in [-0.25, -0.2) is 4.39 Å². The molecule has 1 aromatic rings. The first-order chi connectivity index (χ1) is 11.2. The Morgan fingerprint density at radius 2 is 2.00 bits per heavy atom. The van der Waals surface area contributed by atoms with Crippen LogP contribution in [0.1, 0.15) is 24.8 Å². The first-order valence-corrected chi connectivity index (χ1v) is 8.68. The van der Waals surface area contributed by atoms with E-state index in [-0.39, 0.29) is 5.82 Å². The molecule has 1 aliphatic carbocycles. The van der Waals surface area contributed by atoms with Crippen LogP contribution in [0.2, 0.25) is 0 Å². The Kier molecular flexibility index (Phi) is 6.00. The molecule has 3 rings (SSSR count). The van der Waals surface area contributed by atoms with Gasteiger partial charge >= 0.3 is 0 Å². The van der Waals surface area contributed by atoms with E-state index in [4.69, 9.17) is 4.74 Å². The van der Waals surface area contributed by atoms with Crippen LogP contribution in [0.3, 0.4) is 0 Å². The molecule has 1 saturated carbocycles. The molecule has 1 unspecified atom stereocenters. The standard InChI is InChI=1S/C18H27FN2O2/c19-18-7-2-1-4-15(18)12-21(16-5-3-6-16)14-17(22)13-20-8-10-23-11-9-20/h1-2,4,7,16-17,22H,3,5-6,8-14H2. The van der Waals surface area contributed by atoms with E-state index in [1.54, 1.807) is 6.07 Å². The summed E-state index contributed by atoms with van der Waals surface area (Å²) >= 11 is 0. The van der Waals surface area contributed by atoms with Crippen LogP contribution >= 0.6 is 0 Å². The second-order valence-corrected chi connectivity index (χ2v) is 6.67. The lowest BCUT2D eigenvalue weighted by Crippen LogP contribution is -2.48. The highest BCUT2D eigenvalue weighted by Crippen LogP contribution is 2.27. The average molecular weight is 322 g/mol. The highest BCUT2D eigenvalue weighted by atomic mass is 19.1. The van der Waals surface area contributed by atoms with Crippen molar-refractivity contribution in [2.45, 2.75) is 38.0 Å². The molecule has 1 N–H and O–H groups in total. The summed E-state index contributed by atoms with van der Waals surface area (Å²) < 4.78 is 19.3. The van der Waals surface area contributed by atoms with Crippen molar-refractivity contribution in [1.29, 1.82) is 0 Å². The van der Waals surface area contributed by atoms with E-state index in [2.05, 4.69) is 9.80 Å². The molecule has 2 aliphatic rings. The number of β-amino-alcohol motifs (C(OH)–C–C–N with tert-alkyl or cyclic N) is 1. The van der Waals surface area contributed by atoms with Gasteiger partial charge in [0, 0.05) is 44.3 Å². The maximum absolute atomic E-state index is 13.9. The lowest BCUT2D eigenvalue weighted by Gasteiger charge is -2.39.